The molecule has 4 rings (SSSR count). The first-order valence-corrected chi connectivity index (χ1v) is 11.0. The SMILES string of the molecule is Cc1cc2nc3c(=O)[nH]c(=O)nc-3n(CC(O)C(O)C(O)CO)c2cc1NCCc1ccccn1. The number of rotatable bonds is 9. The van der Waals surface area contributed by atoms with Gasteiger partial charge in [0, 0.05) is 30.5 Å². The highest BCUT2D eigenvalue weighted by atomic mass is 16.4. The van der Waals surface area contributed by atoms with Gasteiger partial charge in [-0.25, -0.2) is 9.78 Å². The Morgan fingerprint density at radius 1 is 1.11 bits per heavy atom. The van der Waals surface area contributed by atoms with Crippen molar-refractivity contribution in [2.45, 2.75) is 38.2 Å². The fraction of sp³-hybridized carbons (Fsp3) is 0.348. The predicted octanol–water partition coefficient (Wildman–Crippen LogP) is -0.982. The maximum Gasteiger partial charge on any atom is 0.349 e. The summed E-state index contributed by atoms with van der Waals surface area (Å²) in [5.41, 5.74) is 1.62. The number of H-pyrrole nitrogens is 1. The van der Waals surface area contributed by atoms with Crippen LogP contribution in [0.5, 0.6) is 0 Å². The second-order valence-corrected chi connectivity index (χ2v) is 8.23. The van der Waals surface area contributed by atoms with E-state index in [4.69, 9.17) is 5.11 Å². The summed E-state index contributed by atoms with van der Waals surface area (Å²) in [6, 6.07) is 9.19. The number of benzene rings is 1. The molecule has 0 saturated carbocycles. The molecule has 6 N–H and O–H groups in total. The van der Waals surface area contributed by atoms with Crippen LogP contribution in [-0.2, 0) is 13.0 Å². The van der Waals surface area contributed by atoms with E-state index in [1.165, 1.54) is 4.57 Å². The van der Waals surface area contributed by atoms with E-state index in [0.717, 1.165) is 16.9 Å². The topological polar surface area (TPSA) is 186 Å². The van der Waals surface area contributed by atoms with Gasteiger partial charge in [-0.2, -0.15) is 4.98 Å². The Bertz CT molecular complexity index is 1410. The van der Waals surface area contributed by atoms with Gasteiger partial charge >= 0.3 is 5.69 Å². The van der Waals surface area contributed by atoms with E-state index in [0.29, 0.717) is 24.0 Å². The van der Waals surface area contributed by atoms with Crippen LogP contribution < -0.4 is 16.6 Å². The van der Waals surface area contributed by atoms with E-state index < -0.39 is 36.2 Å². The van der Waals surface area contributed by atoms with Crippen molar-refractivity contribution in [3.05, 3.63) is 68.6 Å². The molecule has 0 fully saturated rings. The average Bonchev–Trinajstić information content (AvgIpc) is 2.84. The molecule has 0 bridgehead atoms. The number of aliphatic hydroxyl groups excluding tert-OH is 4. The normalized spacial score (nSPS) is 14.2. The minimum absolute atomic E-state index is 0.0840. The molecule has 0 aliphatic carbocycles. The molecule has 1 aromatic heterocycles. The smallest absolute Gasteiger partial charge is 0.349 e. The number of anilines is 1. The minimum atomic E-state index is -1.68. The largest absolute Gasteiger partial charge is 0.394 e. The molecule has 0 radical (unpaired) electrons. The molecule has 12 nitrogen and oxygen atoms in total. The Morgan fingerprint density at radius 2 is 1.91 bits per heavy atom. The van der Waals surface area contributed by atoms with Crippen molar-refractivity contribution in [1.29, 1.82) is 0 Å². The van der Waals surface area contributed by atoms with Gasteiger partial charge in [-0.05, 0) is 36.8 Å². The summed E-state index contributed by atoms with van der Waals surface area (Å²) in [6.45, 7) is 1.36. The second kappa shape index (κ2) is 10.3. The third-order valence-corrected chi connectivity index (χ3v) is 5.72. The third kappa shape index (κ3) is 5.20. The molecule has 1 aromatic carbocycles. The van der Waals surface area contributed by atoms with E-state index >= 15 is 0 Å². The first-order chi connectivity index (χ1) is 16.8. The lowest BCUT2D eigenvalue weighted by Crippen LogP contribution is -2.42. The van der Waals surface area contributed by atoms with Crippen LogP contribution in [0.25, 0.3) is 22.6 Å². The van der Waals surface area contributed by atoms with Crippen LogP contribution in [0, 0.1) is 6.92 Å². The first kappa shape index (κ1) is 24.4. The minimum Gasteiger partial charge on any atom is -0.394 e. The number of fused-ring (bicyclic) bond motifs is 2. The van der Waals surface area contributed by atoms with Crippen LogP contribution in [0.4, 0.5) is 5.69 Å². The number of aryl methyl sites for hydroxylation is 1. The van der Waals surface area contributed by atoms with Crippen molar-refractivity contribution in [2.75, 3.05) is 18.5 Å². The fourth-order valence-corrected chi connectivity index (χ4v) is 3.85. The number of aromatic amines is 1. The second-order valence-electron chi connectivity index (χ2n) is 8.23. The quantitative estimate of drug-likeness (QED) is 0.162. The van der Waals surface area contributed by atoms with Crippen molar-refractivity contribution >= 4 is 16.7 Å². The summed E-state index contributed by atoms with van der Waals surface area (Å²) >= 11 is 0. The number of pyridine rings is 1. The van der Waals surface area contributed by atoms with Gasteiger partial charge in [0.1, 0.15) is 18.3 Å². The van der Waals surface area contributed by atoms with E-state index in [1.54, 1.807) is 18.3 Å². The van der Waals surface area contributed by atoms with E-state index in [2.05, 4.69) is 25.3 Å². The van der Waals surface area contributed by atoms with Gasteiger partial charge in [0.05, 0.1) is 24.2 Å². The molecule has 35 heavy (non-hydrogen) atoms. The Hall–Kier alpha value is -3.71. The zero-order valence-electron chi connectivity index (χ0n) is 18.9. The van der Waals surface area contributed by atoms with Crippen LogP contribution in [0.2, 0.25) is 0 Å². The molecule has 2 aliphatic heterocycles. The van der Waals surface area contributed by atoms with Crippen LogP contribution in [0.1, 0.15) is 11.3 Å². The third-order valence-electron chi connectivity index (χ3n) is 5.72. The van der Waals surface area contributed by atoms with Crippen molar-refractivity contribution < 1.29 is 20.4 Å². The van der Waals surface area contributed by atoms with Crippen LogP contribution in [0.3, 0.4) is 0 Å². The summed E-state index contributed by atoms with van der Waals surface area (Å²) in [5, 5.41) is 42.9. The number of nitrogens with zero attached hydrogens (tertiary/aromatic N) is 4. The Kier molecular flexibility index (Phi) is 7.17. The first-order valence-electron chi connectivity index (χ1n) is 11.0. The molecular weight excluding hydrogens is 456 g/mol. The molecule has 3 heterocycles. The molecule has 3 unspecified atom stereocenters. The molecule has 2 aromatic rings. The van der Waals surface area contributed by atoms with Gasteiger partial charge in [-0.3, -0.25) is 14.8 Å². The summed E-state index contributed by atoms with van der Waals surface area (Å²) in [7, 11) is 0. The fourth-order valence-electron chi connectivity index (χ4n) is 3.85. The maximum atomic E-state index is 12.4. The van der Waals surface area contributed by atoms with Crippen molar-refractivity contribution in [2.24, 2.45) is 0 Å². The zero-order chi connectivity index (χ0) is 25.1. The predicted molar refractivity (Wildman–Crippen MR) is 127 cm³/mol. The lowest BCUT2D eigenvalue weighted by atomic mass is 10.1. The Morgan fingerprint density at radius 3 is 2.63 bits per heavy atom. The standard InChI is InChI=1S/C23H26N6O6/c1-12-8-15-16(9-14(12)25-7-5-13-4-2-3-6-24-13)29(10-17(31)20(33)18(32)11-30)21-19(26-15)22(34)28-23(35)27-21/h2-4,6,8-9,17-18,20,25,30-33H,5,7,10-11H2,1H3,(H,28,34,35). The van der Waals surface area contributed by atoms with Gasteiger partial charge in [-0.15, -0.1) is 0 Å². The lowest BCUT2D eigenvalue weighted by Gasteiger charge is -2.25. The summed E-state index contributed by atoms with van der Waals surface area (Å²) < 4.78 is 1.40. The van der Waals surface area contributed by atoms with Crippen molar-refractivity contribution in [3.8, 4) is 11.5 Å². The highest BCUT2D eigenvalue weighted by Crippen LogP contribution is 2.27. The monoisotopic (exact) mass is 482 g/mol. The van der Waals surface area contributed by atoms with Gasteiger partial charge in [-0.1, -0.05) is 6.07 Å². The molecule has 0 amide bonds. The van der Waals surface area contributed by atoms with Crippen LogP contribution in [-0.4, -0.2) is 76.4 Å². The van der Waals surface area contributed by atoms with E-state index in [9.17, 15) is 24.9 Å². The highest BCUT2D eigenvalue weighted by Gasteiger charge is 2.27. The number of hydrogen-bond donors (Lipinski definition) is 6. The van der Waals surface area contributed by atoms with Gasteiger partial charge in [0.25, 0.3) is 5.56 Å². The van der Waals surface area contributed by atoms with E-state index in [-0.39, 0.29) is 18.1 Å². The van der Waals surface area contributed by atoms with Gasteiger partial charge < -0.3 is 30.3 Å². The number of aliphatic hydroxyl groups is 4. The number of hydrogen-bond acceptors (Lipinski definition) is 10. The Balaban J connectivity index is 1.78. The summed E-state index contributed by atoms with van der Waals surface area (Å²) in [6.07, 6.45) is -2.41. The lowest BCUT2D eigenvalue weighted by molar-refractivity contribution is -0.0802. The maximum absolute atomic E-state index is 12.4. The van der Waals surface area contributed by atoms with Gasteiger partial charge in [0.15, 0.2) is 11.5 Å². The molecular formula is C23H26N6O6. The molecule has 0 spiro atoms. The number of aromatic nitrogens is 5. The van der Waals surface area contributed by atoms with Crippen LogP contribution in [0.15, 0.2) is 46.1 Å². The van der Waals surface area contributed by atoms with Crippen molar-refractivity contribution in [3.63, 3.8) is 0 Å². The average molecular weight is 482 g/mol. The molecule has 184 valence electrons. The zero-order valence-corrected chi connectivity index (χ0v) is 18.9. The summed E-state index contributed by atoms with van der Waals surface area (Å²) in [4.78, 5) is 39.0. The molecule has 3 atom stereocenters. The number of nitrogens with one attached hydrogen (secondary N) is 2. The molecule has 12 heteroatoms. The van der Waals surface area contributed by atoms with Crippen molar-refractivity contribution in [1.82, 2.24) is 24.5 Å². The van der Waals surface area contributed by atoms with E-state index in [1.807, 2.05) is 25.1 Å². The van der Waals surface area contributed by atoms with Crippen LogP contribution >= 0.6 is 0 Å². The molecule has 2 aliphatic rings. The highest BCUT2D eigenvalue weighted by molar-refractivity contribution is 5.84. The Labute approximate surface area is 198 Å². The summed E-state index contributed by atoms with van der Waals surface area (Å²) in [5.74, 6) is -0.0840. The van der Waals surface area contributed by atoms with Gasteiger partial charge in [0.2, 0.25) is 0 Å². The molecule has 0 saturated heterocycles.